The van der Waals surface area contributed by atoms with Gasteiger partial charge in [-0.2, -0.15) is 0 Å². The zero-order chi connectivity index (χ0) is 22.8. The van der Waals surface area contributed by atoms with Crippen LogP contribution in [0.5, 0.6) is 0 Å². The van der Waals surface area contributed by atoms with Gasteiger partial charge in [-0.1, -0.05) is 6.07 Å². The van der Waals surface area contributed by atoms with E-state index in [1.165, 1.54) is 12.1 Å². The molecule has 3 aromatic rings. The van der Waals surface area contributed by atoms with E-state index >= 15 is 0 Å². The molecule has 9 heteroatoms. The predicted octanol–water partition coefficient (Wildman–Crippen LogP) is 4.77. The van der Waals surface area contributed by atoms with Crippen LogP contribution in [0.4, 0.5) is 10.1 Å². The molecule has 1 amide bonds. The summed E-state index contributed by atoms with van der Waals surface area (Å²) in [5.74, 6) is -0.497. The first kappa shape index (κ1) is 22.7. The number of aromatic nitrogens is 2. The molecule has 1 aliphatic heterocycles. The molecule has 3 heterocycles. The minimum absolute atomic E-state index is 0.104. The average Bonchev–Trinajstić information content (AvgIpc) is 3.23. The van der Waals surface area contributed by atoms with Gasteiger partial charge in [0.25, 0.3) is 0 Å². The zero-order valence-electron chi connectivity index (χ0n) is 17.7. The fraction of sp³-hybridized carbons (Fsp3) is 0.261. The van der Waals surface area contributed by atoms with Gasteiger partial charge >= 0.3 is 0 Å². The number of nitrogens with zero attached hydrogens (tertiary/aromatic N) is 2. The standard InChI is InChI=1S/C23H23FIN5OS/c1-13-19(20(25)14(2)27-13)22-21(17-5-3-4-11-26-17)29-23(32)30(22)12-10-18(31)28-16-8-6-15(24)7-9-16/h3-9,11,21-22,27H,10,12H2,1-2H3,(H,28,31)(H,29,32)/t21-,22+/m0/s1. The van der Waals surface area contributed by atoms with Crippen molar-refractivity contribution in [3.8, 4) is 0 Å². The van der Waals surface area contributed by atoms with Crippen LogP contribution in [-0.2, 0) is 4.79 Å². The Balaban J connectivity index is 1.58. The van der Waals surface area contributed by atoms with E-state index in [1.54, 1.807) is 18.3 Å². The second-order valence-electron chi connectivity index (χ2n) is 7.73. The first-order valence-electron chi connectivity index (χ1n) is 10.2. The van der Waals surface area contributed by atoms with Crippen molar-refractivity contribution in [1.29, 1.82) is 0 Å². The number of anilines is 1. The Morgan fingerprint density at radius 2 is 1.97 bits per heavy atom. The van der Waals surface area contributed by atoms with Crippen LogP contribution < -0.4 is 10.6 Å². The van der Waals surface area contributed by atoms with Gasteiger partial charge in [0.1, 0.15) is 5.82 Å². The summed E-state index contributed by atoms with van der Waals surface area (Å²) in [6, 6.07) is 11.3. The van der Waals surface area contributed by atoms with Crippen LogP contribution >= 0.6 is 34.8 Å². The SMILES string of the molecule is Cc1[nH]c(C)c([C@@H]2[C@H](c3ccccn3)NC(=S)N2CCC(=O)Nc2ccc(F)cc2)c1I. The first-order chi connectivity index (χ1) is 15.3. The molecule has 0 spiro atoms. The summed E-state index contributed by atoms with van der Waals surface area (Å²) in [6.07, 6.45) is 2.01. The highest BCUT2D eigenvalue weighted by Crippen LogP contribution is 2.42. The molecule has 1 aromatic carbocycles. The molecule has 1 fully saturated rings. The molecule has 0 aliphatic carbocycles. The van der Waals surface area contributed by atoms with E-state index in [-0.39, 0.29) is 30.2 Å². The van der Waals surface area contributed by atoms with E-state index in [0.29, 0.717) is 17.3 Å². The molecule has 3 N–H and O–H groups in total. The number of halogens is 2. The molecule has 1 saturated heterocycles. The molecule has 0 bridgehead atoms. The summed E-state index contributed by atoms with van der Waals surface area (Å²) in [7, 11) is 0. The van der Waals surface area contributed by atoms with Gasteiger partial charge in [0.2, 0.25) is 5.91 Å². The van der Waals surface area contributed by atoms with Gasteiger partial charge in [-0.25, -0.2) is 4.39 Å². The molecule has 4 rings (SSSR count). The van der Waals surface area contributed by atoms with E-state index < -0.39 is 0 Å². The number of hydrogen-bond donors (Lipinski definition) is 3. The number of aryl methyl sites for hydroxylation is 2. The van der Waals surface area contributed by atoms with Crippen molar-refractivity contribution in [3.63, 3.8) is 0 Å². The van der Waals surface area contributed by atoms with E-state index in [1.807, 2.05) is 18.2 Å². The van der Waals surface area contributed by atoms with Crippen LogP contribution in [0.3, 0.4) is 0 Å². The smallest absolute Gasteiger partial charge is 0.226 e. The van der Waals surface area contributed by atoms with E-state index in [0.717, 1.165) is 26.2 Å². The topological polar surface area (TPSA) is 73.0 Å². The van der Waals surface area contributed by atoms with Crippen molar-refractivity contribution in [2.24, 2.45) is 0 Å². The molecule has 6 nitrogen and oxygen atoms in total. The van der Waals surface area contributed by atoms with Gasteiger partial charge in [0, 0.05) is 45.4 Å². The van der Waals surface area contributed by atoms with Gasteiger partial charge in [-0.15, -0.1) is 0 Å². The summed E-state index contributed by atoms with van der Waals surface area (Å²) in [4.78, 5) is 22.6. The van der Waals surface area contributed by atoms with Crippen molar-refractivity contribution in [2.75, 3.05) is 11.9 Å². The number of benzene rings is 1. The Bertz CT molecular complexity index is 1140. The Morgan fingerprint density at radius 3 is 2.59 bits per heavy atom. The van der Waals surface area contributed by atoms with Gasteiger partial charge in [0.15, 0.2) is 5.11 Å². The van der Waals surface area contributed by atoms with Crippen LogP contribution in [0.15, 0.2) is 48.7 Å². The number of carbonyl (C=O) groups excluding carboxylic acids is 1. The number of carbonyl (C=O) groups is 1. The molecule has 2 atom stereocenters. The van der Waals surface area contributed by atoms with Crippen molar-refractivity contribution >= 4 is 51.5 Å². The van der Waals surface area contributed by atoms with Crippen molar-refractivity contribution in [1.82, 2.24) is 20.2 Å². The summed E-state index contributed by atoms with van der Waals surface area (Å²) >= 11 is 8.05. The first-order valence-corrected chi connectivity index (χ1v) is 11.7. The van der Waals surface area contributed by atoms with Crippen LogP contribution in [0.1, 0.15) is 41.1 Å². The molecule has 1 aliphatic rings. The largest absolute Gasteiger partial charge is 0.362 e. The lowest BCUT2D eigenvalue weighted by molar-refractivity contribution is -0.116. The Labute approximate surface area is 205 Å². The number of nitrogens with one attached hydrogen (secondary N) is 3. The average molecular weight is 563 g/mol. The van der Waals surface area contributed by atoms with Crippen LogP contribution in [0.25, 0.3) is 0 Å². The van der Waals surface area contributed by atoms with E-state index in [4.69, 9.17) is 12.2 Å². The highest BCUT2D eigenvalue weighted by Gasteiger charge is 2.42. The predicted molar refractivity (Wildman–Crippen MR) is 135 cm³/mol. The number of H-pyrrole nitrogens is 1. The minimum atomic E-state index is -0.341. The van der Waals surface area contributed by atoms with Crippen LogP contribution in [0.2, 0.25) is 0 Å². The summed E-state index contributed by atoms with van der Waals surface area (Å²) in [5, 5.41) is 6.82. The maximum atomic E-state index is 13.1. The molecule has 32 heavy (non-hydrogen) atoms. The van der Waals surface area contributed by atoms with E-state index in [9.17, 15) is 9.18 Å². The lowest BCUT2D eigenvalue weighted by atomic mass is 9.96. The number of rotatable bonds is 6. The van der Waals surface area contributed by atoms with Gasteiger partial charge in [-0.05, 0) is 85.1 Å². The van der Waals surface area contributed by atoms with Crippen LogP contribution in [-0.4, -0.2) is 32.4 Å². The summed E-state index contributed by atoms with van der Waals surface area (Å²) < 4.78 is 14.3. The molecule has 0 saturated carbocycles. The third-order valence-corrected chi connectivity index (χ3v) is 7.29. The summed E-state index contributed by atoms with van der Waals surface area (Å²) in [5.41, 5.74) is 4.79. The summed E-state index contributed by atoms with van der Waals surface area (Å²) in [6.45, 7) is 4.54. The van der Waals surface area contributed by atoms with E-state index in [2.05, 4.69) is 61.9 Å². The molecular formula is C23H23FIN5OS. The quantitative estimate of drug-likeness (QED) is 0.298. The fourth-order valence-electron chi connectivity index (χ4n) is 4.06. The normalized spacial score (nSPS) is 18.0. The van der Waals surface area contributed by atoms with Crippen molar-refractivity contribution in [3.05, 3.63) is 80.7 Å². The van der Waals surface area contributed by atoms with Gasteiger partial charge in [0.05, 0.1) is 17.8 Å². The van der Waals surface area contributed by atoms with Crippen LogP contribution in [0, 0.1) is 23.2 Å². The zero-order valence-corrected chi connectivity index (χ0v) is 20.6. The number of amides is 1. The monoisotopic (exact) mass is 563 g/mol. The van der Waals surface area contributed by atoms with Crippen molar-refractivity contribution in [2.45, 2.75) is 32.4 Å². The fourth-order valence-corrected chi connectivity index (χ4v) is 5.25. The maximum absolute atomic E-state index is 13.1. The third kappa shape index (κ3) is 4.63. The molecular weight excluding hydrogens is 540 g/mol. The minimum Gasteiger partial charge on any atom is -0.362 e. The van der Waals surface area contributed by atoms with Gasteiger partial charge < -0.3 is 20.5 Å². The highest BCUT2D eigenvalue weighted by atomic mass is 127. The molecule has 2 aromatic heterocycles. The third-order valence-electron chi connectivity index (χ3n) is 5.55. The Hall–Kier alpha value is -2.53. The van der Waals surface area contributed by atoms with Crippen molar-refractivity contribution < 1.29 is 9.18 Å². The maximum Gasteiger partial charge on any atom is 0.226 e. The lowest BCUT2D eigenvalue weighted by Crippen LogP contribution is -2.33. The lowest BCUT2D eigenvalue weighted by Gasteiger charge is -2.28. The number of thiocarbonyl (C=S) groups is 1. The Kier molecular flexibility index (Phi) is 6.75. The number of pyridine rings is 1. The second kappa shape index (κ2) is 9.53. The molecule has 166 valence electrons. The molecule has 0 radical (unpaired) electrons. The number of hydrogen-bond acceptors (Lipinski definition) is 3. The highest BCUT2D eigenvalue weighted by molar-refractivity contribution is 14.1. The molecule has 0 unspecified atom stereocenters. The number of aromatic amines is 1. The Morgan fingerprint density at radius 1 is 1.22 bits per heavy atom. The van der Waals surface area contributed by atoms with Gasteiger partial charge in [-0.3, -0.25) is 9.78 Å². The second-order valence-corrected chi connectivity index (χ2v) is 9.19.